The maximum absolute atomic E-state index is 12.7. The Morgan fingerprint density at radius 2 is 1.80 bits per heavy atom. The van der Waals surface area contributed by atoms with Gasteiger partial charge in [0.15, 0.2) is 0 Å². The average molecular weight is 389 g/mol. The summed E-state index contributed by atoms with van der Waals surface area (Å²) < 4.78 is 67.1. The highest BCUT2D eigenvalue weighted by atomic mass is 32.2. The lowest BCUT2D eigenvalue weighted by atomic mass is 10.1. The van der Waals surface area contributed by atoms with Crippen molar-refractivity contribution < 1.29 is 21.6 Å². The Labute approximate surface area is 144 Å². The minimum Gasteiger partial charge on any atom is -0.297 e. The molecule has 2 aromatic heterocycles. The molecule has 1 aromatic carbocycles. The van der Waals surface area contributed by atoms with Crippen LogP contribution in [-0.4, -0.2) is 32.8 Å². The predicted octanol–water partition coefficient (Wildman–Crippen LogP) is 2.33. The standard InChI is InChI=1S/C13H10F3N5O2S2/c1-21-11(13(14,15)16)18-19-12(21)25(22,23)7-8-2-4-9(5-3-8)10-6-24-20-17-10/h2-6H,7H2,1H3. The van der Waals surface area contributed by atoms with Gasteiger partial charge in [0.2, 0.25) is 20.8 Å². The molecule has 0 unspecified atom stereocenters. The topological polar surface area (TPSA) is 90.6 Å². The van der Waals surface area contributed by atoms with Gasteiger partial charge >= 0.3 is 6.18 Å². The molecular formula is C13H10F3N5O2S2. The highest BCUT2D eigenvalue weighted by molar-refractivity contribution is 7.90. The Kier molecular flexibility index (Phi) is 4.33. The van der Waals surface area contributed by atoms with Gasteiger partial charge in [-0.15, -0.1) is 15.3 Å². The molecule has 2 heterocycles. The van der Waals surface area contributed by atoms with E-state index in [2.05, 4.69) is 19.8 Å². The zero-order valence-corrected chi connectivity index (χ0v) is 14.2. The fraction of sp³-hybridized carbons (Fsp3) is 0.231. The fourth-order valence-corrected chi connectivity index (χ4v) is 4.07. The van der Waals surface area contributed by atoms with Crippen LogP contribution in [0.1, 0.15) is 11.4 Å². The second kappa shape index (κ2) is 6.19. The van der Waals surface area contributed by atoms with Crippen molar-refractivity contribution in [1.29, 1.82) is 0 Å². The number of hydrogen-bond donors (Lipinski definition) is 0. The van der Waals surface area contributed by atoms with Crippen LogP contribution in [0.25, 0.3) is 11.3 Å². The largest absolute Gasteiger partial charge is 0.451 e. The third-order valence-electron chi connectivity index (χ3n) is 3.33. The minimum atomic E-state index is -4.78. The highest BCUT2D eigenvalue weighted by Gasteiger charge is 2.39. The van der Waals surface area contributed by atoms with Crippen LogP contribution >= 0.6 is 11.5 Å². The zero-order valence-electron chi connectivity index (χ0n) is 12.6. The second-order valence-corrected chi connectivity index (χ2v) is 7.60. The lowest BCUT2D eigenvalue weighted by Gasteiger charge is -2.07. The molecule has 7 nitrogen and oxygen atoms in total. The maximum Gasteiger partial charge on any atom is 0.451 e. The van der Waals surface area contributed by atoms with Gasteiger partial charge in [0.1, 0.15) is 5.69 Å². The molecule has 12 heteroatoms. The SMILES string of the molecule is Cn1c(C(F)(F)F)nnc1S(=O)(=O)Cc1ccc(-c2csnn2)cc1. The van der Waals surface area contributed by atoms with E-state index in [-0.39, 0.29) is 0 Å². The zero-order chi connectivity index (χ0) is 18.2. The number of aromatic nitrogens is 5. The lowest BCUT2D eigenvalue weighted by molar-refractivity contribution is -0.147. The van der Waals surface area contributed by atoms with E-state index < -0.39 is 32.7 Å². The first-order chi connectivity index (χ1) is 11.7. The first-order valence-electron chi connectivity index (χ1n) is 6.74. The summed E-state index contributed by atoms with van der Waals surface area (Å²) in [5.74, 6) is -1.86. The van der Waals surface area contributed by atoms with Crippen molar-refractivity contribution in [3.8, 4) is 11.3 Å². The molecule has 0 saturated heterocycles. The quantitative estimate of drug-likeness (QED) is 0.680. The van der Waals surface area contributed by atoms with Crippen molar-refractivity contribution in [2.24, 2.45) is 7.05 Å². The van der Waals surface area contributed by atoms with E-state index in [1.54, 1.807) is 29.6 Å². The van der Waals surface area contributed by atoms with Crippen LogP contribution in [0.3, 0.4) is 0 Å². The summed E-state index contributed by atoms with van der Waals surface area (Å²) in [5.41, 5.74) is 1.82. The molecule has 132 valence electrons. The van der Waals surface area contributed by atoms with Gasteiger partial charge in [0, 0.05) is 18.0 Å². The number of nitrogens with zero attached hydrogens (tertiary/aromatic N) is 5. The van der Waals surface area contributed by atoms with Crippen molar-refractivity contribution >= 4 is 21.4 Å². The minimum absolute atomic E-state index is 0.406. The smallest absolute Gasteiger partial charge is 0.297 e. The number of alkyl halides is 3. The van der Waals surface area contributed by atoms with Crippen LogP contribution in [0.5, 0.6) is 0 Å². The van der Waals surface area contributed by atoms with Crippen molar-refractivity contribution in [2.75, 3.05) is 0 Å². The highest BCUT2D eigenvalue weighted by Crippen LogP contribution is 2.29. The van der Waals surface area contributed by atoms with Gasteiger partial charge in [-0.3, -0.25) is 4.57 Å². The Morgan fingerprint density at radius 1 is 1.12 bits per heavy atom. The van der Waals surface area contributed by atoms with Gasteiger partial charge in [-0.2, -0.15) is 13.2 Å². The van der Waals surface area contributed by atoms with E-state index in [9.17, 15) is 21.6 Å². The Hall–Kier alpha value is -2.34. The Morgan fingerprint density at radius 3 is 2.32 bits per heavy atom. The first-order valence-corrected chi connectivity index (χ1v) is 9.23. The van der Waals surface area contributed by atoms with Crippen LogP contribution < -0.4 is 0 Å². The van der Waals surface area contributed by atoms with Gasteiger partial charge in [-0.05, 0) is 17.1 Å². The molecule has 3 aromatic rings. The van der Waals surface area contributed by atoms with E-state index in [4.69, 9.17) is 0 Å². The number of sulfone groups is 1. The van der Waals surface area contributed by atoms with Crippen LogP contribution in [0, 0.1) is 0 Å². The van der Waals surface area contributed by atoms with E-state index >= 15 is 0 Å². The number of rotatable bonds is 4. The van der Waals surface area contributed by atoms with Crippen molar-refractivity contribution in [3.63, 3.8) is 0 Å². The van der Waals surface area contributed by atoms with Gasteiger partial charge in [0.25, 0.3) is 0 Å². The van der Waals surface area contributed by atoms with Gasteiger partial charge in [0.05, 0.1) is 5.75 Å². The molecule has 0 amide bonds. The summed E-state index contributed by atoms with van der Waals surface area (Å²) in [5, 5.41) is 11.0. The number of benzene rings is 1. The predicted molar refractivity (Wildman–Crippen MR) is 82.2 cm³/mol. The Bertz CT molecular complexity index is 980. The van der Waals surface area contributed by atoms with E-state index in [0.29, 0.717) is 15.8 Å². The van der Waals surface area contributed by atoms with E-state index in [1.165, 1.54) is 11.5 Å². The average Bonchev–Trinajstić information content (AvgIpc) is 3.16. The molecule has 0 radical (unpaired) electrons. The molecule has 25 heavy (non-hydrogen) atoms. The van der Waals surface area contributed by atoms with E-state index in [0.717, 1.165) is 12.6 Å². The second-order valence-electron chi connectivity index (χ2n) is 5.11. The van der Waals surface area contributed by atoms with Gasteiger partial charge in [-0.1, -0.05) is 28.8 Å². The first kappa shape index (κ1) is 17.5. The normalized spacial score (nSPS) is 12.5. The molecule has 0 saturated carbocycles. The molecule has 0 N–H and O–H groups in total. The summed E-state index contributed by atoms with van der Waals surface area (Å²) in [6, 6.07) is 6.46. The van der Waals surface area contributed by atoms with Crippen LogP contribution in [0.4, 0.5) is 13.2 Å². The molecular weight excluding hydrogens is 379 g/mol. The summed E-state index contributed by atoms with van der Waals surface area (Å²) in [7, 11) is -3.12. The monoisotopic (exact) mass is 389 g/mol. The molecule has 0 aliphatic carbocycles. The molecule has 0 aliphatic rings. The molecule has 0 fully saturated rings. The van der Waals surface area contributed by atoms with Crippen molar-refractivity contribution in [3.05, 3.63) is 41.0 Å². The molecule has 3 rings (SSSR count). The third kappa shape index (κ3) is 3.54. The summed E-state index contributed by atoms with van der Waals surface area (Å²) >= 11 is 1.18. The molecule has 0 spiro atoms. The van der Waals surface area contributed by atoms with Gasteiger partial charge < -0.3 is 0 Å². The summed E-state index contributed by atoms with van der Waals surface area (Å²) in [6.45, 7) is 0. The van der Waals surface area contributed by atoms with Crippen LogP contribution in [-0.2, 0) is 28.8 Å². The molecule has 0 atom stereocenters. The summed E-state index contributed by atoms with van der Waals surface area (Å²) in [4.78, 5) is 0. The Balaban J connectivity index is 1.86. The van der Waals surface area contributed by atoms with Crippen LogP contribution in [0.2, 0.25) is 0 Å². The lowest BCUT2D eigenvalue weighted by Crippen LogP contribution is -2.16. The fourth-order valence-electron chi connectivity index (χ4n) is 2.18. The molecule has 0 bridgehead atoms. The van der Waals surface area contributed by atoms with E-state index in [1.807, 2.05) is 0 Å². The number of hydrogen-bond acceptors (Lipinski definition) is 7. The van der Waals surface area contributed by atoms with Crippen LogP contribution in [0.15, 0.2) is 34.8 Å². The maximum atomic E-state index is 12.7. The number of halogens is 3. The van der Waals surface area contributed by atoms with Crippen molar-refractivity contribution in [1.82, 2.24) is 24.4 Å². The third-order valence-corrected chi connectivity index (χ3v) is 5.46. The molecule has 0 aliphatic heterocycles. The summed E-state index contributed by atoms with van der Waals surface area (Å²) in [6.07, 6.45) is -4.78. The van der Waals surface area contributed by atoms with Gasteiger partial charge in [-0.25, -0.2) is 8.42 Å². The van der Waals surface area contributed by atoms with Crippen molar-refractivity contribution in [2.45, 2.75) is 17.1 Å².